The Morgan fingerprint density at radius 2 is 0.737 bits per heavy atom. The van der Waals surface area contributed by atoms with Crippen LogP contribution in [0.15, 0.2) is 36.4 Å². The summed E-state index contributed by atoms with van der Waals surface area (Å²) in [5.74, 6) is 17.8. The molecule has 0 saturated carbocycles. The first-order valence-corrected chi connectivity index (χ1v) is 14.3. The van der Waals surface area contributed by atoms with Crippen molar-refractivity contribution in [3.8, 4) is 0 Å². The number of rotatable bonds is 9. The van der Waals surface area contributed by atoms with Gasteiger partial charge in [-0.2, -0.15) is 15.5 Å². The van der Waals surface area contributed by atoms with Crippen molar-refractivity contribution in [2.45, 2.75) is 0 Å². The zero-order valence-corrected chi connectivity index (χ0v) is 25.7. The van der Waals surface area contributed by atoms with Gasteiger partial charge in [-0.1, -0.05) is 104 Å². The second kappa shape index (κ2) is 13.1. The maximum Gasteiger partial charge on any atom is 0.543 e. The highest BCUT2D eigenvalue weighted by Gasteiger charge is 2.39. The zero-order valence-electron chi connectivity index (χ0n) is 18.0. The van der Waals surface area contributed by atoms with Crippen molar-refractivity contribution >= 4 is 129 Å². The van der Waals surface area contributed by atoms with E-state index in [-0.39, 0.29) is 62.3 Å². The first-order valence-electron chi connectivity index (χ1n) is 9.39. The van der Waals surface area contributed by atoms with Crippen LogP contribution in [-0.2, 0) is 18.4 Å². The van der Waals surface area contributed by atoms with Gasteiger partial charge in [-0.15, -0.1) is 13.9 Å². The largest absolute Gasteiger partial charge is 0.543 e. The summed E-state index contributed by atoms with van der Waals surface area (Å²) < 4.78 is 29.6. The fraction of sp³-hybridized carbons (Fsp3) is 0. The molecule has 10 nitrogen and oxygen atoms in total. The third kappa shape index (κ3) is 7.69. The van der Waals surface area contributed by atoms with Gasteiger partial charge in [0.25, 0.3) is 0 Å². The van der Waals surface area contributed by atoms with Crippen molar-refractivity contribution in [2.24, 2.45) is 17.5 Å². The standard InChI is InChI=1S/C18H12Cl9N6O4P/c19-7-1-10(22)16(25)13(4-7)31(28)35-38(34,36-32(29)14-5-8(20)2-11(23)17(14)26)37-33(30)15-6-9(21)3-12(24)18(15)27/h1-6H,28-30H2. The van der Waals surface area contributed by atoms with E-state index in [0.717, 1.165) is 0 Å². The molecule has 0 radical (unpaired) electrons. The van der Waals surface area contributed by atoms with Crippen molar-refractivity contribution in [3.05, 3.63) is 81.6 Å². The van der Waals surface area contributed by atoms with Gasteiger partial charge in [0, 0.05) is 15.1 Å². The average molecular weight is 726 g/mol. The summed E-state index contributed by atoms with van der Waals surface area (Å²) in [6, 6.07) is 7.70. The summed E-state index contributed by atoms with van der Waals surface area (Å²) in [5, 5.41) is 1.07. The van der Waals surface area contributed by atoms with Gasteiger partial charge in [-0.05, 0) is 36.4 Å². The van der Waals surface area contributed by atoms with E-state index in [4.69, 9.17) is 136 Å². The van der Waals surface area contributed by atoms with Gasteiger partial charge in [-0.25, -0.2) is 22.1 Å². The summed E-state index contributed by atoms with van der Waals surface area (Å²) in [5.41, 5.74) is -0.468. The van der Waals surface area contributed by atoms with Gasteiger partial charge in [0.2, 0.25) is 0 Å². The van der Waals surface area contributed by atoms with E-state index in [0.29, 0.717) is 15.5 Å². The van der Waals surface area contributed by atoms with E-state index >= 15 is 0 Å². The van der Waals surface area contributed by atoms with E-state index in [2.05, 4.69) is 0 Å². The van der Waals surface area contributed by atoms with Gasteiger partial charge in [0.05, 0.1) is 30.1 Å². The fourth-order valence-corrected chi connectivity index (χ4v) is 5.63. The molecule has 38 heavy (non-hydrogen) atoms. The van der Waals surface area contributed by atoms with Crippen LogP contribution in [0.5, 0.6) is 0 Å². The van der Waals surface area contributed by atoms with E-state index in [1.165, 1.54) is 36.4 Å². The lowest BCUT2D eigenvalue weighted by atomic mass is 10.3. The highest BCUT2D eigenvalue weighted by molar-refractivity contribution is 7.48. The molecule has 3 aromatic rings. The third-order valence-corrected chi connectivity index (χ3v) is 8.36. The molecule has 0 heterocycles. The lowest BCUT2D eigenvalue weighted by Crippen LogP contribution is -2.38. The molecule has 0 aromatic heterocycles. The molecular formula is C18H12Cl9N6O4P. The molecule has 6 N–H and O–H groups in total. The zero-order chi connectivity index (χ0) is 28.5. The van der Waals surface area contributed by atoms with E-state index in [1.54, 1.807) is 0 Å². The number of nitrogens with two attached hydrogens (primary N) is 3. The first kappa shape index (κ1) is 32.2. The van der Waals surface area contributed by atoms with Crippen LogP contribution in [0.25, 0.3) is 0 Å². The van der Waals surface area contributed by atoms with Crippen LogP contribution in [0.4, 0.5) is 17.1 Å². The van der Waals surface area contributed by atoms with Crippen molar-refractivity contribution in [1.82, 2.24) is 0 Å². The van der Waals surface area contributed by atoms with Crippen LogP contribution in [0.2, 0.25) is 45.2 Å². The molecule has 0 aliphatic carbocycles. The van der Waals surface area contributed by atoms with Crippen LogP contribution in [0.3, 0.4) is 0 Å². The molecule has 0 bridgehead atoms. The highest BCUT2D eigenvalue weighted by atomic mass is 35.5. The second-order valence-corrected chi connectivity index (χ2v) is 11.9. The number of benzene rings is 3. The van der Waals surface area contributed by atoms with Crippen LogP contribution >= 0.6 is 112 Å². The van der Waals surface area contributed by atoms with Crippen LogP contribution < -0.4 is 33.0 Å². The minimum Gasteiger partial charge on any atom is -0.222 e. The highest BCUT2D eigenvalue weighted by Crippen LogP contribution is 2.54. The second-order valence-electron chi connectivity index (χ2n) is 6.83. The molecule has 3 rings (SSSR count). The topological polar surface area (TPSA) is 133 Å². The van der Waals surface area contributed by atoms with Gasteiger partial charge in [-0.3, -0.25) is 0 Å². The molecule has 0 atom stereocenters. The summed E-state index contributed by atoms with van der Waals surface area (Å²) >= 11 is 54.7. The van der Waals surface area contributed by atoms with Gasteiger partial charge in [0.15, 0.2) is 0 Å². The quantitative estimate of drug-likeness (QED) is 0.0850. The predicted molar refractivity (Wildman–Crippen MR) is 155 cm³/mol. The van der Waals surface area contributed by atoms with Gasteiger partial charge < -0.3 is 0 Å². The van der Waals surface area contributed by atoms with Gasteiger partial charge in [0.1, 0.15) is 17.1 Å². The summed E-state index contributed by atoms with van der Waals surface area (Å²) in [7, 11) is -5.07. The van der Waals surface area contributed by atoms with Crippen molar-refractivity contribution < 1.29 is 18.4 Å². The first-order chi connectivity index (χ1) is 17.6. The van der Waals surface area contributed by atoms with Crippen molar-refractivity contribution in [1.29, 1.82) is 0 Å². The lowest BCUT2D eigenvalue weighted by molar-refractivity contribution is 0.0861. The molecule has 3 aromatic carbocycles. The minimum absolute atomic E-state index is 0.00788. The number of nitrogens with zero attached hydrogens (tertiary/aromatic N) is 3. The molecule has 0 fully saturated rings. The Morgan fingerprint density at radius 3 is 0.974 bits per heavy atom. The Hall–Kier alpha value is -0.340. The molecule has 0 unspecified atom stereocenters. The molecule has 0 amide bonds. The summed E-state index contributed by atoms with van der Waals surface area (Å²) in [4.78, 5) is 0. The summed E-state index contributed by atoms with van der Waals surface area (Å²) in [6.07, 6.45) is 0. The van der Waals surface area contributed by atoms with E-state index < -0.39 is 7.82 Å². The molecule has 0 saturated heterocycles. The van der Waals surface area contributed by atoms with E-state index in [9.17, 15) is 4.57 Å². The Morgan fingerprint density at radius 1 is 0.500 bits per heavy atom. The average Bonchev–Trinajstić information content (AvgIpc) is 2.80. The molecule has 20 heteroatoms. The monoisotopic (exact) mass is 722 g/mol. The van der Waals surface area contributed by atoms with Crippen LogP contribution in [0.1, 0.15) is 0 Å². The number of hydrogen-bond donors (Lipinski definition) is 3. The number of anilines is 3. The summed E-state index contributed by atoms with van der Waals surface area (Å²) in [6.45, 7) is 0. The maximum absolute atomic E-state index is 13.8. The van der Waals surface area contributed by atoms with Crippen molar-refractivity contribution in [2.75, 3.05) is 15.5 Å². The Balaban J connectivity index is 2.03. The van der Waals surface area contributed by atoms with Crippen LogP contribution in [-0.4, -0.2) is 0 Å². The molecule has 0 aliphatic rings. The lowest BCUT2D eigenvalue weighted by Gasteiger charge is -2.30. The normalized spacial score (nSPS) is 11.6. The predicted octanol–water partition coefficient (Wildman–Crippen LogP) is 8.91. The molecule has 0 spiro atoms. The SMILES string of the molecule is NN(OP(=O)(ON(N)c1cc(Cl)cc(Cl)c1Cl)ON(N)c1cc(Cl)cc(Cl)c1Cl)c1cc(Cl)cc(Cl)c1Cl. The number of hydrazine groups is 3. The third-order valence-electron chi connectivity index (χ3n) is 4.20. The van der Waals surface area contributed by atoms with E-state index in [1.807, 2.05) is 0 Å². The molecule has 0 aliphatic heterocycles. The molecule has 206 valence electrons. The fourth-order valence-electron chi connectivity index (χ4n) is 2.61. The smallest absolute Gasteiger partial charge is 0.222 e. The maximum atomic E-state index is 13.8. The Labute approximate surface area is 260 Å². The minimum atomic E-state index is -5.07. The number of phosphoric acid groups is 1. The Kier molecular flexibility index (Phi) is 11.1. The van der Waals surface area contributed by atoms with Gasteiger partial charge >= 0.3 is 7.82 Å². The molecular weight excluding hydrogens is 714 g/mol. The Bertz CT molecular complexity index is 1260. The number of hydrogen-bond acceptors (Lipinski definition) is 10. The van der Waals surface area contributed by atoms with Crippen LogP contribution in [0, 0.1) is 0 Å². The number of halogens is 9. The van der Waals surface area contributed by atoms with Crippen molar-refractivity contribution in [3.63, 3.8) is 0 Å².